The lowest BCUT2D eigenvalue weighted by Crippen LogP contribution is -2.59. The van der Waals surface area contributed by atoms with Gasteiger partial charge in [-0.2, -0.15) is 0 Å². The van der Waals surface area contributed by atoms with Crippen LogP contribution in [0.2, 0.25) is 0 Å². The normalized spacial score (nSPS) is 40.4. The SMILES string of the molecule is CN1C(=O)C=C[C@]2(C)C3CC[C@@]4(C)C(CC[C@@H]4CC(=O)Nc4cccc(N)n4)C3CCC12. The quantitative estimate of drug-likeness (QED) is 0.741. The summed E-state index contributed by atoms with van der Waals surface area (Å²) in [7, 11) is 1.97. The predicted molar refractivity (Wildman–Crippen MR) is 125 cm³/mol. The number of carbonyl (C=O) groups is 2. The lowest BCUT2D eigenvalue weighted by molar-refractivity contribution is -0.139. The van der Waals surface area contributed by atoms with Crippen LogP contribution in [0.5, 0.6) is 0 Å². The molecule has 6 nitrogen and oxygen atoms in total. The number of amides is 2. The molecule has 0 bridgehead atoms. The van der Waals surface area contributed by atoms with E-state index in [1.165, 1.54) is 25.7 Å². The van der Waals surface area contributed by atoms with Gasteiger partial charge in [0.15, 0.2) is 0 Å². The maximum atomic E-state index is 12.8. The highest BCUT2D eigenvalue weighted by molar-refractivity contribution is 5.90. The Morgan fingerprint density at radius 2 is 2.00 bits per heavy atom. The Bertz CT molecular complexity index is 961. The molecule has 32 heavy (non-hydrogen) atoms. The minimum atomic E-state index is 0.0446. The van der Waals surface area contributed by atoms with Crippen molar-refractivity contribution in [3.05, 3.63) is 30.4 Å². The van der Waals surface area contributed by atoms with Gasteiger partial charge < -0.3 is 16.0 Å². The van der Waals surface area contributed by atoms with Gasteiger partial charge in [0.1, 0.15) is 11.6 Å². The Morgan fingerprint density at radius 1 is 1.19 bits per heavy atom. The molecule has 0 saturated heterocycles. The van der Waals surface area contributed by atoms with Gasteiger partial charge in [-0.15, -0.1) is 0 Å². The number of rotatable bonds is 3. The zero-order valence-corrected chi connectivity index (χ0v) is 19.5. The standard InChI is InChI=1S/C26H36N4O2/c1-25-13-11-19-17(8-10-20-26(19,2)14-12-24(32)30(20)3)18(25)9-7-16(25)15-23(31)29-22-6-4-5-21(27)28-22/h4-6,12,14,16-20H,7-11,13,15H2,1-3H3,(H3,27,28,29,31)/t16-,17?,18?,19?,20?,25-,26-/m1/s1. The first-order chi connectivity index (χ1) is 15.2. The van der Waals surface area contributed by atoms with E-state index in [2.05, 4.69) is 30.2 Å². The van der Waals surface area contributed by atoms with Crippen molar-refractivity contribution in [2.45, 2.75) is 64.8 Å². The van der Waals surface area contributed by atoms with E-state index in [-0.39, 0.29) is 22.6 Å². The number of nitrogens with two attached hydrogens (primary N) is 1. The van der Waals surface area contributed by atoms with Crippen LogP contribution in [0.25, 0.3) is 0 Å². The molecule has 5 rings (SSSR count). The molecule has 7 atom stereocenters. The Balaban J connectivity index is 1.31. The molecule has 0 radical (unpaired) electrons. The molecule has 2 heterocycles. The number of likely N-dealkylation sites (N-methyl/N-ethyl adjacent to an activating group) is 1. The number of nitrogen functional groups attached to an aromatic ring is 1. The number of fused-ring (bicyclic) bond motifs is 5. The maximum Gasteiger partial charge on any atom is 0.246 e. The van der Waals surface area contributed by atoms with Crippen LogP contribution >= 0.6 is 0 Å². The van der Waals surface area contributed by atoms with E-state index in [9.17, 15) is 9.59 Å². The monoisotopic (exact) mass is 436 g/mol. The van der Waals surface area contributed by atoms with E-state index >= 15 is 0 Å². The molecule has 1 aromatic rings. The summed E-state index contributed by atoms with van der Waals surface area (Å²) in [5, 5.41) is 2.95. The van der Waals surface area contributed by atoms with Gasteiger partial charge >= 0.3 is 0 Å². The minimum absolute atomic E-state index is 0.0446. The number of aromatic nitrogens is 1. The molecular formula is C26H36N4O2. The number of nitrogens with zero attached hydrogens (tertiary/aromatic N) is 2. The lowest BCUT2D eigenvalue weighted by Gasteiger charge is -2.60. The van der Waals surface area contributed by atoms with E-state index in [1.54, 1.807) is 18.2 Å². The van der Waals surface area contributed by atoms with Crippen molar-refractivity contribution < 1.29 is 9.59 Å². The first-order valence-electron chi connectivity index (χ1n) is 12.2. The van der Waals surface area contributed by atoms with Crippen molar-refractivity contribution in [1.82, 2.24) is 9.88 Å². The van der Waals surface area contributed by atoms with Crippen LogP contribution in [0.1, 0.15) is 58.8 Å². The lowest BCUT2D eigenvalue weighted by atomic mass is 9.47. The van der Waals surface area contributed by atoms with Gasteiger partial charge in [-0.1, -0.05) is 26.0 Å². The van der Waals surface area contributed by atoms with Gasteiger partial charge in [0.05, 0.1) is 0 Å². The zero-order chi connectivity index (χ0) is 22.7. The van der Waals surface area contributed by atoms with Crippen molar-refractivity contribution in [2.24, 2.45) is 34.5 Å². The molecular weight excluding hydrogens is 400 g/mol. The summed E-state index contributed by atoms with van der Waals surface area (Å²) in [6.07, 6.45) is 11.6. The summed E-state index contributed by atoms with van der Waals surface area (Å²) in [4.78, 5) is 31.3. The molecule has 3 fully saturated rings. The van der Waals surface area contributed by atoms with Gasteiger partial charge in [0.2, 0.25) is 11.8 Å². The Hall–Kier alpha value is -2.37. The zero-order valence-electron chi connectivity index (χ0n) is 19.5. The summed E-state index contributed by atoms with van der Waals surface area (Å²) >= 11 is 0. The molecule has 172 valence electrons. The molecule has 3 aliphatic carbocycles. The fourth-order valence-corrected chi connectivity index (χ4v) is 8.12. The molecule has 1 aromatic heterocycles. The fourth-order valence-electron chi connectivity index (χ4n) is 8.12. The van der Waals surface area contributed by atoms with Crippen molar-refractivity contribution >= 4 is 23.5 Å². The molecule has 3 N–H and O–H groups in total. The third kappa shape index (κ3) is 3.25. The Labute approximate surface area is 191 Å². The highest BCUT2D eigenvalue weighted by Crippen LogP contribution is 2.65. The van der Waals surface area contributed by atoms with Crippen molar-refractivity contribution in [3.8, 4) is 0 Å². The second-order valence-electron chi connectivity index (χ2n) is 11.1. The fraction of sp³-hybridized carbons (Fsp3) is 0.654. The maximum absolute atomic E-state index is 12.8. The summed E-state index contributed by atoms with van der Waals surface area (Å²) in [5.41, 5.74) is 6.04. The molecule has 0 aromatic carbocycles. The van der Waals surface area contributed by atoms with Crippen molar-refractivity contribution in [2.75, 3.05) is 18.1 Å². The molecule has 6 heteroatoms. The number of pyridine rings is 1. The summed E-state index contributed by atoms with van der Waals surface area (Å²) in [6, 6.07) is 5.64. The number of nitrogens with one attached hydrogen (secondary N) is 1. The molecule has 0 spiro atoms. The van der Waals surface area contributed by atoms with E-state index in [0.29, 0.717) is 47.8 Å². The minimum Gasteiger partial charge on any atom is -0.384 e. The molecule has 4 unspecified atom stereocenters. The second kappa shape index (κ2) is 7.60. The van der Waals surface area contributed by atoms with E-state index in [4.69, 9.17) is 5.73 Å². The topological polar surface area (TPSA) is 88.3 Å². The number of anilines is 2. The molecule has 2 amide bonds. The molecule has 4 aliphatic rings. The average Bonchev–Trinajstić information content (AvgIpc) is 3.07. The molecule has 1 aliphatic heterocycles. The van der Waals surface area contributed by atoms with Gasteiger partial charge in [0, 0.05) is 24.9 Å². The van der Waals surface area contributed by atoms with Crippen molar-refractivity contribution in [3.63, 3.8) is 0 Å². The number of hydrogen-bond acceptors (Lipinski definition) is 4. The summed E-state index contributed by atoms with van der Waals surface area (Å²) in [5.74, 6) is 3.52. The average molecular weight is 437 g/mol. The third-order valence-corrected chi connectivity index (χ3v) is 9.79. The number of carbonyl (C=O) groups excluding carboxylic acids is 2. The van der Waals surface area contributed by atoms with Crippen molar-refractivity contribution in [1.29, 1.82) is 0 Å². The van der Waals surface area contributed by atoms with E-state index < -0.39 is 0 Å². The third-order valence-electron chi connectivity index (χ3n) is 9.79. The second-order valence-corrected chi connectivity index (χ2v) is 11.1. The number of hydrogen-bond donors (Lipinski definition) is 2. The molecule has 3 saturated carbocycles. The van der Waals surface area contributed by atoms with Crippen LogP contribution in [0.3, 0.4) is 0 Å². The first kappa shape index (κ1) is 21.5. The van der Waals surface area contributed by atoms with Gasteiger partial charge in [-0.05, 0) is 85.8 Å². The van der Waals surface area contributed by atoms with Crippen LogP contribution < -0.4 is 11.1 Å². The van der Waals surface area contributed by atoms with Gasteiger partial charge in [-0.25, -0.2) is 4.98 Å². The van der Waals surface area contributed by atoms with Crippen LogP contribution in [0.15, 0.2) is 30.4 Å². The van der Waals surface area contributed by atoms with Gasteiger partial charge in [-0.3, -0.25) is 9.59 Å². The highest BCUT2D eigenvalue weighted by Gasteiger charge is 2.60. The smallest absolute Gasteiger partial charge is 0.246 e. The Morgan fingerprint density at radius 3 is 2.78 bits per heavy atom. The largest absolute Gasteiger partial charge is 0.384 e. The predicted octanol–water partition coefficient (Wildman–Crippen LogP) is 4.25. The highest BCUT2D eigenvalue weighted by atomic mass is 16.2. The summed E-state index contributed by atoms with van der Waals surface area (Å²) in [6.45, 7) is 4.83. The van der Waals surface area contributed by atoms with Crippen LogP contribution in [0.4, 0.5) is 11.6 Å². The van der Waals surface area contributed by atoms with Crippen LogP contribution in [0, 0.1) is 34.5 Å². The Kier molecular flexibility index (Phi) is 5.10. The summed E-state index contributed by atoms with van der Waals surface area (Å²) < 4.78 is 0. The van der Waals surface area contributed by atoms with Crippen LogP contribution in [-0.4, -0.2) is 34.8 Å². The van der Waals surface area contributed by atoms with E-state index in [0.717, 1.165) is 12.8 Å². The van der Waals surface area contributed by atoms with E-state index in [1.807, 2.05) is 18.0 Å². The van der Waals surface area contributed by atoms with Crippen LogP contribution in [-0.2, 0) is 9.59 Å². The first-order valence-corrected chi connectivity index (χ1v) is 12.2. The van der Waals surface area contributed by atoms with Gasteiger partial charge in [0.25, 0.3) is 0 Å².